The largest absolute Gasteiger partial charge is 0.465 e. The van der Waals surface area contributed by atoms with Crippen LogP contribution in [0.4, 0.5) is 0 Å². The van der Waals surface area contributed by atoms with Crippen LogP contribution in [0.15, 0.2) is 60.7 Å². The summed E-state index contributed by atoms with van der Waals surface area (Å²) in [6.45, 7) is 11.9. The van der Waals surface area contributed by atoms with Gasteiger partial charge in [-0.15, -0.1) is 0 Å². The molecule has 1 N–H and O–H groups in total. The third kappa shape index (κ3) is 3.99. The molecule has 46 heavy (non-hydrogen) atoms. The lowest BCUT2D eigenvalue weighted by atomic mass is 9.45. The first-order valence-corrected chi connectivity index (χ1v) is 19.9. The van der Waals surface area contributed by atoms with E-state index in [2.05, 4.69) is 88.4 Å². The number of ether oxygens (including phenoxy) is 2. The van der Waals surface area contributed by atoms with Gasteiger partial charge in [0.05, 0.1) is 30.8 Å². The van der Waals surface area contributed by atoms with Gasteiger partial charge in [0.2, 0.25) is 0 Å². The number of rotatable bonds is 5. The van der Waals surface area contributed by atoms with Crippen LogP contribution >= 0.6 is 0 Å². The predicted molar refractivity (Wildman–Crippen MR) is 182 cm³/mol. The monoisotopic (exact) mass is 642 g/mol. The van der Waals surface area contributed by atoms with Crippen molar-refractivity contribution in [2.45, 2.75) is 109 Å². The van der Waals surface area contributed by atoms with Crippen molar-refractivity contribution in [2.75, 3.05) is 13.7 Å². The number of esters is 1. The average Bonchev–Trinajstić information content (AvgIpc) is 3.57. The molecule has 1 aliphatic heterocycles. The van der Waals surface area contributed by atoms with Gasteiger partial charge in [0.1, 0.15) is 0 Å². The van der Waals surface area contributed by atoms with Crippen molar-refractivity contribution in [2.24, 2.45) is 45.8 Å². The van der Waals surface area contributed by atoms with Gasteiger partial charge in [0.25, 0.3) is 8.32 Å². The third-order valence-electron chi connectivity index (χ3n) is 15.0. The van der Waals surface area contributed by atoms with Crippen LogP contribution in [0.3, 0.4) is 0 Å². The molecule has 6 aliphatic rings. The maximum absolute atomic E-state index is 13.2. The molecule has 0 aromatic heterocycles. The van der Waals surface area contributed by atoms with E-state index in [1.54, 1.807) is 0 Å². The van der Waals surface area contributed by atoms with E-state index in [-0.39, 0.29) is 41.0 Å². The zero-order chi connectivity index (χ0) is 32.3. The number of aliphatic hydroxyl groups is 1. The summed E-state index contributed by atoms with van der Waals surface area (Å²) in [4.78, 5) is 13.2. The highest BCUT2D eigenvalue weighted by atomic mass is 28.4. The van der Waals surface area contributed by atoms with E-state index in [4.69, 9.17) is 13.9 Å². The molecule has 1 heterocycles. The molecule has 2 aromatic carbocycles. The zero-order valence-corrected chi connectivity index (χ0v) is 29.8. The van der Waals surface area contributed by atoms with Crippen molar-refractivity contribution in [3.05, 3.63) is 60.7 Å². The highest BCUT2D eigenvalue weighted by molar-refractivity contribution is 6.99. The van der Waals surface area contributed by atoms with Crippen molar-refractivity contribution in [1.29, 1.82) is 0 Å². The number of fused-ring (bicyclic) bond motifs is 3. The normalized spacial score (nSPS) is 44.6. The fourth-order valence-corrected chi connectivity index (χ4v) is 18.1. The Hall–Kier alpha value is -1.99. The summed E-state index contributed by atoms with van der Waals surface area (Å²) in [6.07, 6.45) is 8.17. The van der Waals surface area contributed by atoms with Gasteiger partial charge in [-0.3, -0.25) is 4.79 Å². The molecule has 0 bridgehead atoms. The van der Waals surface area contributed by atoms with E-state index in [1.165, 1.54) is 29.6 Å². The van der Waals surface area contributed by atoms with E-state index in [0.717, 1.165) is 31.6 Å². The number of hydrogen-bond acceptors (Lipinski definition) is 5. The standard InChI is InChI=1S/C40H54O5Si/c1-36(2,3)46(27-13-9-7-10-14-27,28-15-11-8-12-16-28)45-32-22-31-29-21-33(43-6)40-23-26(40)17-19-37(40,4)30(29)18-20-39(31)25-44-34(41)24-38(5,42)35(32)39/h7-16,26,29-33,35,42H,17-25H2,1-6H3/t26-,29-,30+,31+,32-,33-,35-,37-,38+,39-,40+/m1/s1. The van der Waals surface area contributed by atoms with Crippen molar-refractivity contribution in [3.63, 3.8) is 0 Å². The van der Waals surface area contributed by atoms with E-state index >= 15 is 0 Å². The van der Waals surface area contributed by atoms with Crippen LogP contribution in [0, 0.1) is 45.8 Å². The first kappa shape index (κ1) is 31.3. The molecule has 2 aromatic rings. The van der Waals surface area contributed by atoms with E-state index in [1.807, 2.05) is 14.0 Å². The SMILES string of the molecule is CO[C@@H]1C[C@H]2[C@@H]3C[C@@H](O[Si](c4ccccc4)(c4ccccc4)C(C)(C)C)[C@H]4[C@]3(CC[C@@H]2[C@@]2(C)CC[C@@H]3C[C@]312)COC(=O)C[C@]4(C)O. The number of carbonyl (C=O) groups is 1. The molecule has 5 saturated carbocycles. The minimum atomic E-state index is -2.92. The Morgan fingerprint density at radius 2 is 1.57 bits per heavy atom. The summed E-state index contributed by atoms with van der Waals surface area (Å²) in [6, 6.07) is 21.8. The molecule has 6 heteroatoms. The van der Waals surface area contributed by atoms with Crippen LogP contribution < -0.4 is 10.4 Å². The van der Waals surface area contributed by atoms with Gasteiger partial charge < -0.3 is 19.0 Å². The van der Waals surface area contributed by atoms with Gasteiger partial charge in [-0.2, -0.15) is 0 Å². The molecular weight excluding hydrogens is 589 g/mol. The maximum Gasteiger partial charge on any atom is 0.308 e. The summed E-state index contributed by atoms with van der Waals surface area (Å²) in [5.74, 6) is 1.76. The summed E-state index contributed by atoms with van der Waals surface area (Å²) in [7, 11) is -0.980. The van der Waals surface area contributed by atoms with Gasteiger partial charge in [-0.1, -0.05) is 88.4 Å². The Kier molecular flexibility index (Phi) is 6.98. The van der Waals surface area contributed by atoms with Crippen molar-refractivity contribution >= 4 is 24.7 Å². The zero-order valence-electron chi connectivity index (χ0n) is 28.8. The fourth-order valence-electron chi connectivity index (χ4n) is 13.4. The Labute approximate surface area is 276 Å². The highest BCUT2D eigenvalue weighted by Gasteiger charge is 2.79. The maximum atomic E-state index is 13.2. The average molecular weight is 643 g/mol. The van der Waals surface area contributed by atoms with Crippen LogP contribution in [0.2, 0.25) is 5.04 Å². The van der Waals surface area contributed by atoms with Crippen LogP contribution in [-0.2, 0) is 18.7 Å². The molecule has 0 radical (unpaired) electrons. The van der Waals surface area contributed by atoms with Gasteiger partial charge in [0, 0.05) is 23.9 Å². The smallest absolute Gasteiger partial charge is 0.308 e. The Morgan fingerprint density at radius 1 is 0.913 bits per heavy atom. The minimum Gasteiger partial charge on any atom is -0.465 e. The third-order valence-corrected chi connectivity index (χ3v) is 20.0. The fraction of sp³-hybridized carbons (Fsp3) is 0.675. The van der Waals surface area contributed by atoms with Crippen LogP contribution in [0.25, 0.3) is 0 Å². The second-order valence-corrected chi connectivity index (χ2v) is 22.0. The quantitative estimate of drug-likeness (QED) is 0.298. The number of benzene rings is 2. The minimum absolute atomic E-state index is 0.0179. The molecule has 248 valence electrons. The van der Waals surface area contributed by atoms with Crippen LogP contribution in [-0.4, -0.2) is 50.9 Å². The van der Waals surface area contributed by atoms with Crippen molar-refractivity contribution < 1.29 is 23.8 Å². The Bertz CT molecular complexity index is 1450. The molecule has 8 rings (SSSR count). The number of methoxy groups -OCH3 is 1. The number of hydrogen-bond donors (Lipinski definition) is 1. The molecule has 6 fully saturated rings. The Balaban J connectivity index is 1.28. The highest BCUT2D eigenvalue weighted by Crippen LogP contribution is 2.82. The molecule has 5 nitrogen and oxygen atoms in total. The molecule has 5 aliphatic carbocycles. The van der Waals surface area contributed by atoms with E-state index in [0.29, 0.717) is 35.2 Å². The molecular formula is C40H54O5Si. The summed E-state index contributed by atoms with van der Waals surface area (Å²) in [5, 5.41) is 14.8. The topological polar surface area (TPSA) is 65.0 Å². The molecule has 2 spiro atoms. The lowest BCUT2D eigenvalue weighted by molar-refractivity contribution is -0.180. The summed E-state index contributed by atoms with van der Waals surface area (Å²) in [5.41, 5.74) is -0.898. The lowest BCUT2D eigenvalue weighted by Gasteiger charge is -2.61. The summed E-state index contributed by atoms with van der Waals surface area (Å²) < 4.78 is 20.5. The summed E-state index contributed by atoms with van der Waals surface area (Å²) >= 11 is 0. The second kappa shape index (κ2) is 10.3. The van der Waals surface area contributed by atoms with Gasteiger partial charge >= 0.3 is 5.97 Å². The molecule has 0 unspecified atom stereocenters. The molecule has 0 amide bonds. The van der Waals surface area contributed by atoms with Gasteiger partial charge in [-0.05, 0) is 96.4 Å². The van der Waals surface area contributed by atoms with Gasteiger partial charge in [0.15, 0.2) is 0 Å². The first-order chi connectivity index (χ1) is 21.8. The van der Waals surface area contributed by atoms with E-state index < -0.39 is 13.9 Å². The van der Waals surface area contributed by atoms with Crippen LogP contribution in [0.1, 0.15) is 86.0 Å². The predicted octanol–water partition coefficient (Wildman–Crippen LogP) is 6.50. The first-order valence-electron chi connectivity index (χ1n) is 18.0. The van der Waals surface area contributed by atoms with E-state index in [9.17, 15) is 9.90 Å². The number of cyclic esters (lactones) is 1. The number of carbonyl (C=O) groups excluding carboxylic acids is 1. The van der Waals surface area contributed by atoms with Crippen molar-refractivity contribution in [3.8, 4) is 0 Å². The van der Waals surface area contributed by atoms with Gasteiger partial charge in [-0.25, -0.2) is 0 Å². The lowest BCUT2D eigenvalue weighted by Crippen LogP contribution is -2.68. The molecule has 1 saturated heterocycles. The second-order valence-electron chi connectivity index (χ2n) is 17.7. The molecule has 11 atom stereocenters. The Morgan fingerprint density at radius 3 is 2.15 bits per heavy atom. The van der Waals surface area contributed by atoms with Crippen molar-refractivity contribution in [1.82, 2.24) is 0 Å². The van der Waals surface area contributed by atoms with Crippen LogP contribution in [0.5, 0.6) is 0 Å².